The van der Waals surface area contributed by atoms with E-state index in [0.29, 0.717) is 6.04 Å². The molecule has 0 saturated carbocycles. The van der Waals surface area contributed by atoms with Gasteiger partial charge >= 0.3 is 0 Å². The van der Waals surface area contributed by atoms with Crippen molar-refractivity contribution in [2.75, 3.05) is 25.5 Å². The lowest BCUT2D eigenvalue weighted by molar-refractivity contribution is 0.253. The van der Waals surface area contributed by atoms with Gasteiger partial charge in [0.05, 0.1) is 0 Å². The Hall–Kier alpha value is -1.09. The van der Waals surface area contributed by atoms with Gasteiger partial charge in [-0.1, -0.05) is 19.4 Å². The zero-order valence-electron chi connectivity index (χ0n) is 10.9. The summed E-state index contributed by atoms with van der Waals surface area (Å²) in [4.78, 5) is 7.03. The number of hydrogen-bond donors (Lipinski definition) is 1. The first-order chi connectivity index (χ1) is 8.36. The molecule has 1 aromatic heterocycles. The van der Waals surface area contributed by atoms with Gasteiger partial charge < -0.3 is 5.32 Å². The van der Waals surface area contributed by atoms with Crippen LogP contribution in [0.1, 0.15) is 44.2 Å². The summed E-state index contributed by atoms with van der Waals surface area (Å²) >= 11 is 0. The van der Waals surface area contributed by atoms with E-state index >= 15 is 0 Å². The number of hydrogen-bond acceptors (Lipinski definition) is 3. The fraction of sp³-hybridized carbons (Fsp3) is 0.643. The van der Waals surface area contributed by atoms with Crippen molar-refractivity contribution in [3.05, 3.63) is 23.9 Å². The molecule has 1 aliphatic rings. The van der Waals surface area contributed by atoms with Crippen LogP contribution in [0.5, 0.6) is 0 Å². The third-order valence-corrected chi connectivity index (χ3v) is 3.60. The molecule has 1 fully saturated rings. The predicted molar refractivity (Wildman–Crippen MR) is 72.2 cm³/mol. The fourth-order valence-corrected chi connectivity index (χ4v) is 2.70. The van der Waals surface area contributed by atoms with Crippen molar-refractivity contribution in [3.63, 3.8) is 0 Å². The monoisotopic (exact) mass is 233 g/mol. The van der Waals surface area contributed by atoms with E-state index in [0.717, 1.165) is 5.82 Å². The van der Waals surface area contributed by atoms with Gasteiger partial charge in [0.15, 0.2) is 0 Å². The Bertz CT molecular complexity index is 351. The lowest BCUT2D eigenvalue weighted by Crippen LogP contribution is -2.25. The highest BCUT2D eigenvalue weighted by Gasteiger charge is 2.27. The van der Waals surface area contributed by atoms with Crippen molar-refractivity contribution in [3.8, 4) is 0 Å². The van der Waals surface area contributed by atoms with Crippen molar-refractivity contribution >= 4 is 5.82 Å². The zero-order valence-corrected chi connectivity index (χ0v) is 10.9. The topological polar surface area (TPSA) is 28.2 Å². The molecule has 0 aromatic carbocycles. The third kappa shape index (κ3) is 2.78. The standard InChI is InChI=1S/C14H23N3/c1-3-4-10-17-11-6-8-13(17)12-7-5-9-16-14(12)15-2/h5,7,9,13H,3-4,6,8,10-11H2,1-2H3,(H,15,16)/t13-/m1/s1. The Morgan fingerprint density at radius 2 is 2.41 bits per heavy atom. The normalized spacial score (nSPS) is 20.7. The van der Waals surface area contributed by atoms with E-state index < -0.39 is 0 Å². The lowest BCUT2D eigenvalue weighted by atomic mass is 10.1. The van der Waals surface area contributed by atoms with E-state index in [1.165, 1.54) is 44.3 Å². The van der Waals surface area contributed by atoms with Gasteiger partial charge in [0, 0.05) is 24.8 Å². The minimum absolute atomic E-state index is 0.567. The van der Waals surface area contributed by atoms with Crippen molar-refractivity contribution < 1.29 is 0 Å². The molecule has 3 heteroatoms. The highest BCUT2D eigenvalue weighted by Crippen LogP contribution is 2.34. The van der Waals surface area contributed by atoms with Gasteiger partial charge in [-0.3, -0.25) is 4.90 Å². The van der Waals surface area contributed by atoms with Crippen LogP contribution in [-0.4, -0.2) is 30.0 Å². The van der Waals surface area contributed by atoms with Crippen LogP contribution in [0.4, 0.5) is 5.82 Å². The minimum atomic E-state index is 0.567. The Balaban J connectivity index is 2.14. The van der Waals surface area contributed by atoms with E-state index in [2.05, 4.69) is 28.2 Å². The average Bonchev–Trinajstić information content (AvgIpc) is 2.84. The number of likely N-dealkylation sites (tertiary alicyclic amines) is 1. The van der Waals surface area contributed by atoms with Gasteiger partial charge in [-0.2, -0.15) is 0 Å². The summed E-state index contributed by atoms with van der Waals surface area (Å²) in [6.45, 7) is 4.72. The molecule has 2 heterocycles. The summed E-state index contributed by atoms with van der Waals surface area (Å²) in [5, 5.41) is 3.21. The van der Waals surface area contributed by atoms with Crippen molar-refractivity contribution in [2.45, 2.75) is 38.6 Å². The Morgan fingerprint density at radius 3 is 3.18 bits per heavy atom. The molecule has 1 saturated heterocycles. The number of nitrogens with one attached hydrogen (secondary N) is 1. The van der Waals surface area contributed by atoms with Crippen LogP contribution in [0.25, 0.3) is 0 Å². The lowest BCUT2D eigenvalue weighted by Gasteiger charge is -2.25. The van der Waals surface area contributed by atoms with Gasteiger partial charge in [-0.05, 0) is 38.4 Å². The molecule has 0 aliphatic carbocycles. The number of rotatable bonds is 5. The highest BCUT2D eigenvalue weighted by atomic mass is 15.2. The first-order valence-corrected chi connectivity index (χ1v) is 6.73. The van der Waals surface area contributed by atoms with Gasteiger partial charge in [0.1, 0.15) is 5.82 Å². The highest BCUT2D eigenvalue weighted by molar-refractivity contribution is 5.45. The number of anilines is 1. The molecule has 0 unspecified atom stereocenters. The molecule has 3 nitrogen and oxygen atoms in total. The van der Waals surface area contributed by atoms with Crippen molar-refractivity contribution in [2.24, 2.45) is 0 Å². The maximum atomic E-state index is 4.42. The SMILES string of the molecule is CCCCN1CCC[C@@H]1c1cccnc1NC. The molecule has 94 valence electrons. The zero-order chi connectivity index (χ0) is 12.1. The number of unbranched alkanes of at least 4 members (excludes halogenated alkanes) is 1. The Morgan fingerprint density at radius 1 is 1.53 bits per heavy atom. The van der Waals surface area contributed by atoms with E-state index in [9.17, 15) is 0 Å². The molecule has 1 N–H and O–H groups in total. The number of pyridine rings is 1. The third-order valence-electron chi connectivity index (χ3n) is 3.60. The predicted octanol–water partition coefficient (Wildman–Crippen LogP) is 3.06. The molecule has 0 spiro atoms. The summed E-state index contributed by atoms with van der Waals surface area (Å²) in [7, 11) is 1.96. The maximum absolute atomic E-state index is 4.42. The van der Waals surface area contributed by atoms with Crippen LogP contribution in [0.15, 0.2) is 18.3 Å². The molecule has 1 atom stereocenters. The summed E-state index contributed by atoms with van der Waals surface area (Å²) in [5.41, 5.74) is 1.36. The van der Waals surface area contributed by atoms with Crippen molar-refractivity contribution in [1.29, 1.82) is 0 Å². The largest absolute Gasteiger partial charge is 0.373 e. The maximum Gasteiger partial charge on any atom is 0.130 e. The fourth-order valence-electron chi connectivity index (χ4n) is 2.70. The van der Waals surface area contributed by atoms with Gasteiger partial charge in [0.25, 0.3) is 0 Å². The van der Waals surface area contributed by atoms with Gasteiger partial charge in [-0.15, -0.1) is 0 Å². The molecular formula is C14H23N3. The minimum Gasteiger partial charge on any atom is -0.373 e. The quantitative estimate of drug-likeness (QED) is 0.847. The van der Waals surface area contributed by atoms with Crippen LogP contribution in [-0.2, 0) is 0 Å². The van der Waals surface area contributed by atoms with Crippen LogP contribution in [0.3, 0.4) is 0 Å². The molecule has 0 bridgehead atoms. The molecule has 0 amide bonds. The average molecular weight is 233 g/mol. The number of nitrogens with zero attached hydrogens (tertiary/aromatic N) is 2. The number of aromatic nitrogens is 1. The van der Waals surface area contributed by atoms with Crippen molar-refractivity contribution in [1.82, 2.24) is 9.88 Å². The van der Waals surface area contributed by atoms with Crippen LogP contribution < -0.4 is 5.32 Å². The molecule has 17 heavy (non-hydrogen) atoms. The molecular weight excluding hydrogens is 210 g/mol. The van der Waals surface area contributed by atoms with E-state index in [-0.39, 0.29) is 0 Å². The van der Waals surface area contributed by atoms with Gasteiger partial charge in [0.2, 0.25) is 0 Å². The van der Waals surface area contributed by atoms with Crippen LogP contribution >= 0.6 is 0 Å². The first kappa shape index (κ1) is 12.4. The van der Waals surface area contributed by atoms with Gasteiger partial charge in [-0.25, -0.2) is 4.98 Å². The molecule has 1 aromatic rings. The summed E-state index contributed by atoms with van der Waals surface area (Å²) < 4.78 is 0. The summed E-state index contributed by atoms with van der Waals surface area (Å²) in [5.74, 6) is 1.04. The second-order valence-electron chi connectivity index (χ2n) is 4.74. The second kappa shape index (κ2) is 6.01. The van der Waals surface area contributed by atoms with Crippen LogP contribution in [0.2, 0.25) is 0 Å². The smallest absolute Gasteiger partial charge is 0.130 e. The second-order valence-corrected chi connectivity index (χ2v) is 4.74. The first-order valence-electron chi connectivity index (χ1n) is 6.73. The summed E-state index contributed by atoms with van der Waals surface area (Å²) in [6.07, 6.45) is 7.01. The van der Waals surface area contributed by atoms with E-state index in [1.54, 1.807) is 0 Å². The van der Waals surface area contributed by atoms with Crippen LogP contribution in [0, 0.1) is 0 Å². The molecule has 0 radical (unpaired) electrons. The molecule has 1 aliphatic heterocycles. The Kier molecular flexibility index (Phi) is 4.37. The molecule has 2 rings (SSSR count). The van der Waals surface area contributed by atoms with E-state index in [1.807, 2.05) is 19.3 Å². The Labute approximate surface area is 104 Å². The summed E-state index contributed by atoms with van der Waals surface area (Å²) in [6, 6.07) is 4.83. The van der Waals surface area contributed by atoms with E-state index in [4.69, 9.17) is 0 Å².